The minimum Gasteiger partial charge on any atom is -0.444 e. The van der Waals surface area contributed by atoms with E-state index in [4.69, 9.17) is 8.85 Å². The van der Waals surface area contributed by atoms with Gasteiger partial charge in [0.25, 0.3) is 0 Å². The van der Waals surface area contributed by atoms with E-state index >= 15 is 0 Å². The van der Waals surface area contributed by atoms with Crippen LogP contribution in [0.3, 0.4) is 0 Å². The average molecular weight is 245 g/mol. The number of nitrogens with one attached hydrogen (secondary N) is 2. The van der Waals surface area contributed by atoms with E-state index in [1.165, 1.54) is 0 Å². The van der Waals surface area contributed by atoms with Gasteiger partial charge in [0.2, 0.25) is 0 Å². The van der Waals surface area contributed by atoms with Gasteiger partial charge in [-0.15, -0.1) is 0 Å². The highest BCUT2D eigenvalue weighted by molar-refractivity contribution is 5.68. The summed E-state index contributed by atoms with van der Waals surface area (Å²) >= 11 is 0. The summed E-state index contributed by atoms with van der Waals surface area (Å²) in [5.41, 5.74) is -0.481. The smallest absolute Gasteiger partial charge is 0.407 e. The monoisotopic (exact) mass is 245 g/mol. The zero-order valence-electron chi connectivity index (χ0n) is 14.0. The molecule has 1 saturated carbocycles. The van der Waals surface area contributed by atoms with Crippen molar-refractivity contribution in [2.24, 2.45) is 5.92 Å². The van der Waals surface area contributed by atoms with E-state index in [0.29, 0.717) is 12.5 Å². The second-order valence-electron chi connectivity index (χ2n) is 5.74. The van der Waals surface area contributed by atoms with Gasteiger partial charge in [-0.1, -0.05) is 0 Å². The van der Waals surface area contributed by atoms with Gasteiger partial charge < -0.3 is 15.4 Å². The van der Waals surface area contributed by atoms with E-state index in [-0.39, 0.29) is 12.1 Å². The quantitative estimate of drug-likeness (QED) is 0.802. The Morgan fingerprint density at radius 2 is 2.00 bits per heavy atom. The van der Waals surface area contributed by atoms with E-state index in [9.17, 15) is 4.79 Å². The molecule has 0 saturated heterocycles. The van der Waals surface area contributed by atoms with Gasteiger partial charge in [-0.3, -0.25) is 0 Å². The van der Waals surface area contributed by atoms with Crippen molar-refractivity contribution in [3.05, 3.63) is 0 Å². The molecule has 0 atom stereocenters. The van der Waals surface area contributed by atoms with Crippen LogP contribution in [0.15, 0.2) is 0 Å². The highest BCUT2D eigenvalue weighted by Gasteiger charge is 2.24. The zero-order valence-corrected chi connectivity index (χ0v) is 11.0. The minimum absolute atomic E-state index is 0.133. The van der Waals surface area contributed by atoms with Crippen LogP contribution in [-0.4, -0.2) is 31.3 Å². The number of carbonyl (C=O) groups is 1. The first-order valence-corrected chi connectivity index (χ1v) is 6.30. The summed E-state index contributed by atoms with van der Waals surface area (Å²) in [7, 11) is 0. The highest BCUT2D eigenvalue weighted by atomic mass is 16.6. The predicted octanol–water partition coefficient (Wildman–Crippen LogP) is 2.29. The van der Waals surface area contributed by atoms with Crippen LogP contribution in [0.1, 0.15) is 50.6 Å². The summed E-state index contributed by atoms with van der Waals surface area (Å²) < 4.78 is 26.6. The van der Waals surface area contributed by atoms with Crippen LogP contribution in [0.2, 0.25) is 0 Å². The molecule has 0 heterocycles. The molecule has 0 aromatic carbocycles. The normalized spacial score (nSPS) is 28.8. The molecule has 100 valence electrons. The predicted molar refractivity (Wildman–Crippen MR) is 69.0 cm³/mol. The SMILES string of the molecule is [2H]C([2H])([2H])NC[C@H]1CC[C@H](NC(=O)OC(C)(C)C)CC1. The number of hydrogen-bond acceptors (Lipinski definition) is 3. The van der Waals surface area contributed by atoms with Gasteiger partial charge in [0.15, 0.2) is 0 Å². The summed E-state index contributed by atoms with van der Waals surface area (Å²) in [5, 5.41) is 5.44. The summed E-state index contributed by atoms with van der Waals surface area (Å²) in [6.07, 6.45) is 3.20. The standard InChI is InChI=1S/C13H26N2O2/c1-13(2,3)17-12(16)15-11-7-5-10(6-8-11)9-14-4/h10-11,14H,5-9H2,1-4H3,(H,15,16)/t10-,11-/i4D3. The lowest BCUT2D eigenvalue weighted by atomic mass is 9.86. The third-order valence-electron chi connectivity index (χ3n) is 2.96. The molecular weight excluding hydrogens is 216 g/mol. The number of amides is 1. The number of hydrogen-bond donors (Lipinski definition) is 2. The Morgan fingerprint density at radius 1 is 1.35 bits per heavy atom. The van der Waals surface area contributed by atoms with E-state index in [1.807, 2.05) is 20.8 Å². The van der Waals surface area contributed by atoms with Gasteiger partial charge in [0, 0.05) is 10.2 Å². The summed E-state index contributed by atoms with van der Waals surface area (Å²) in [6.45, 7) is 3.96. The fourth-order valence-electron chi connectivity index (χ4n) is 2.13. The minimum atomic E-state index is -2.06. The van der Waals surface area contributed by atoms with Gasteiger partial charge in [-0.25, -0.2) is 4.79 Å². The maximum atomic E-state index is 11.6. The van der Waals surface area contributed by atoms with Gasteiger partial charge in [0.05, 0.1) is 0 Å². The van der Waals surface area contributed by atoms with Crippen LogP contribution in [0, 0.1) is 5.92 Å². The van der Waals surface area contributed by atoms with Crippen LogP contribution in [0.25, 0.3) is 0 Å². The summed E-state index contributed by atoms with van der Waals surface area (Å²) in [5.74, 6) is 0.368. The van der Waals surface area contributed by atoms with Crippen LogP contribution in [-0.2, 0) is 4.74 Å². The second kappa shape index (κ2) is 6.24. The van der Waals surface area contributed by atoms with Crippen molar-refractivity contribution in [3.63, 3.8) is 0 Å². The first kappa shape index (κ1) is 10.2. The third kappa shape index (κ3) is 5.91. The van der Waals surface area contributed by atoms with Crippen LogP contribution in [0.5, 0.6) is 0 Å². The number of ether oxygens (including phenoxy) is 1. The molecular formula is C13H26N2O2. The number of alkyl carbamates (subject to hydrolysis) is 1. The Bertz CT molecular complexity index is 319. The van der Waals surface area contributed by atoms with Gasteiger partial charge >= 0.3 is 6.09 Å². The molecule has 1 aliphatic carbocycles. The first-order valence-electron chi connectivity index (χ1n) is 7.80. The molecule has 0 radical (unpaired) electrons. The highest BCUT2D eigenvalue weighted by Crippen LogP contribution is 2.23. The Labute approximate surface area is 109 Å². The van der Waals surface area contributed by atoms with Crippen molar-refractivity contribution in [3.8, 4) is 0 Å². The fraction of sp³-hybridized carbons (Fsp3) is 0.923. The van der Waals surface area contributed by atoms with Gasteiger partial charge in [0.1, 0.15) is 5.60 Å². The van der Waals surface area contributed by atoms with Crippen molar-refractivity contribution in [2.45, 2.75) is 58.1 Å². The van der Waals surface area contributed by atoms with Crippen molar-refractivity contribution in [2.75, 3.05) is 13.5 Å². The molecule has 1 amide bonds. The maximum Gasteiger partial charge on any atom is 0.407 e. The Hall–Kier alpha value is -0.770. The second-order valence-corrected chi connectivity index (χ2v) is 5.74. The molecule has 0 unspecified atom stereocenters. The third-order valence-corrected chi connectivity index (χ3v) is 2.96. The Morgan fingerprint density at radius 3 is 2.53 bits per heavy atom. The molecule has 2 N–H and O–H groups in total. The average Bonchev–Trinajstić information content (AvgIpc) is 2.24. The van der Waals surface area contributed by atoms with Gasteiger partial charge in [-0.2, -0.15) is 0 Å². The molecule has 0 aromatic rings. The molecule has 0 aromatic heterocycles. The fourth-order valence-corrected chi connectivity index (χ4v) is 2.13. The van der Waals surface area contributed by atoms with E-state index in [1.54, 1.807) is 0 Å². The van der Waals surface area contributed by atoms with Crippen LogP contribution >= 0.6 is 0 Å². The number of rotatable bonds is 3. The lowest BCUT2D eigenvalue weighted by Crippen LogP contribution is -2.41. The summed E-state index contributed by atoms with van der Waals surface area (Å²) in [4.78, 5) is 11.6. The Kier molecular flexibility index (Phi) is 3.74. The lowest BCUT2D eigenvalue weighted by Gasteiger charge is -2.29. The first-order chi connectivity index (χ1) is 9.05. The van der Waals surface area contributed by atoms with Crippen molar-refractivity contribution < 1.29 is 13.6 Å². The molecule has 0 aliphatic heterocycles. The molecule has 1 aliphatic rings. The molecule has 17 heavy (non-hydrogen) atoms. The molecule has 4 nitrogen and oxygen atoms in total. The topological polar surface area (TPSA) is 50.4 Å². The van der Waals surface area contributed by atoms with Crippen molar-refractivity contribution in [1.29, 1.82) is 0 Å². The van der Waals surface area contributed by atoms with Gasteiger partial charge in [-0.05, 0) is 65.9 Å². The van der Waals surface area contributed by atoms with E-state index < -0.39 is 12.6 Å². The largest absolute Gasteiger partial charge is 0.444 e. The Balaban J connectivity index is 2.24. The van der Waals surface area contributed by atoms with Crippen LogP contribution in [0.4, 0.5) is 4.79 Å². The number of carbonyl (C=O) groups excluding carboxylic acids is 1. The molecule has 1 rings (SSSR count). The molecule has 0 spiro atoms. The summed E-state index contributed by atoms with van der Waals surface area (Å²) in [6, 6.07) is 0.133. The van der Waals surface area contributed by atoms with E-state index in [0.717, 1.165) is 25.7 Å². The van der Waals surface area contributed by atoms with E-state index in [2.05, 4.69) is 10.6 Å². The molecule has 4 heteroatoms. The molecule has 1 fully saturated rings. The lowest BCUT2D eigenvalue weighted by molar-refractivity contribution is 0.0487. The molecule has 0 bridgehead atoms. The van der Waals surface area contributed by atoms with Crippen LogP contribution < -0.4 is 10.6 Å². The zero-order chi connectivity index (χ0) is 15.4. The maximum absolute atomic E-state index is 11.6. The van der Waals surface area contributed by atoms with Crippen molar-refractivity contribution in [1.82, 2.24) is 10.6 Å². The van der Waals surface area contributed by atoms with Crippen molar-refractivity contribution >= 4 is 6.09 Å².